The standard InChI is InChI=1S/C20H27ClN2/c1-2-10-23(13-14-4-3-5-14)16-7-8-17-15(11-16)6-9-19-20(17)18(21)12-22-19/h6,9,12,14,16,22H,2-5,7-8,10-11,13H2,1H3. The van der Waals surface area contributed by atoms with Crippen molar-refractivity contribution in [1.29, 1.82) is 0 Å². The van der Waals surface area contributed by atoms with Crippen molar-refractivity contribution in [3.8, 4) is 0 Å². The first-order valence-electron chi connectivity index (χ1n) is 9.27. The molecule has 1 N–H and O–H groups in total. The van der Waals surface area contributed by atoms with Crippen LogP contribution >= 0.6 is 11.6 Å². The number of benzene rings is 1. The molecule has 1 atom stereocenters. The Labute approximate surface area is 144 Å². The Hall–Kier alpha value is -0.990. The van der Waals surface area contributed by atoms with Crippen LogP contribution in [0.2, 0.25) is 5.02 Å². The molecule has 1 heterocycles. The lowest BCUT2D eigenvalue weighted by Gasteiger charge is -2.39. The van der Waals surface area contributed by atoms with Crippen LogP contribution in [0.4, 0.5) is 0 Å². The van der Waals surface area contributed by atoms with Crippen molar-refractivity contribution in [2.45, 2.75) is 57.9 Å². The maximum absolute atomic E-state index is 6.41. The third-order valence-corrected chi connectivity index (χ3v) is 6.23. The van der Waals surface area contributed by atoms with Gasteiger partial charge in [0.25, 0.3) is 0 Å². The third kappa shape index (κ3) is 2.92. The van der Waals surface area contributed by atoms with E-state index in [1.54, 1.807) is 0 Å². The number of H-pyrrole nitrogens is 1. The molecule has 4 rings (SSSR count). The highest BCUT2D eigenvalue weighted by Gasteiger charge is 2.28. The monoisotopic (exact) mass is 330 g/mol. The molecule has 0 radical (unpaired) electrons. The van der Waals surface area contributed by atoms with E-state index in [1.807, 2.05) is 6.20 Å². The molecular formula is C20H27ClN2. The van der Waals surface area contributed by atoms with E-state index in [4.69, 9.17) is 11.6 Å². The van der Waals surface area contributed by atoms with Gasteiger partial charge >= 0.3 is 0 Å². The van der Waals surface area contributed by atoms with E-state index in [0.29, 0.717) is 0 Å². The predicted octanol–water partition coefficient (Wildman–Crippen LogP) is 5.19. The van der Waals surface area contributed by atoms with Gasteiger partial charge in [0.15, 0.2) is 0 Å². The Morgan fingerprint density at radius 1 is 1.26 bits per heavy atom. The molecule has 2 aliphatic rings. The number of fused-ring (bicyclic) bond motifs is 3. The smallest absolute Gasteiger partial charge is 0.0662 e. The Bertz CT molecular complexity index is 686. The number of aromatic amines is 1. The van der Waals surface area contributed by atoms with E-state index in [2.05, 4.69) is 28.9 Å². The maximum atomic E-state index is 6.41. The fourth-order valence-corrected chi connectivity index (χ4v) is 4.74. The van der Waals surface area contributed by atoms with Crippen LogP contribution in [0.25, 0.3) is 10.9 Å². The Morgan fingerprint density at radius 3 is 2.87 bits per heavy atom. The molecule has 1 aromatic heterocycles. The highest BCUT2D eigenvalue weighted by Crippen LogP contribution is 2.35. The SMILES string of the molecule is CCCN(CC1CCC1)C1CCc2c(ccc3[nH]cc(Cl)c23)C1. The normalized spacial score (nSPS) is 21.6. The van der Waals surface area contributed by atoms with Crippen LogP contribution < -0.4 is 0 Å². The van der Waals surface area contributed by atoms with Gasteiger partial charge in [-0.05, 0) is 68.2 Å². The Kier molecular flexibility index (Phi) is 4.38. The van der Waals surface area contributed by atoms with Crippen molar-refractivity contribution >= 4 is 22.5 Å². The molecule has 1 unspecified atom stereocenters. The van der Waals surface area contributed by atoms with E-state index >= 15 is 0 Å². The number of nitrogens with one attached hydrogen (secondary N) is 1. The minimum absolute atomic E-state index is 0.721. The second kappa shape index (κ2) is 6.49. The zero-order chi connectivity index (χ0) is 15.8. The average Bonchev–Trinajstić information content (AvgIpc) is 2.91. The van der Waals surface area contributed by atoms with E-state index in [9.17, 15) is 0 Å². The molecule has 23 heavy (non-hydrogen) atoms. The molecule has 0 saturated heterocycles. The van der Waals surface area contributed by atoms with Gasteiger partial charge in [-0.3, -0.25) is 4.90 Å². The Balaban J connectivity index is 1.57. The van der Waals surface area contributed by atoms with Crippen LogP contribution in [0, 0.1) is 5.92 Å². The first kappa shape index (κ1) is 15.5. The van der Waals surface area contributed by atoms with Gasteiger partial charge < -0.3 is 4.98 Å². The quantitative estimate of drug-likeness (QED) is 0.799. The summed E-state index contributed by atoms with van der Waals surface area (Å²) in [6.07, 6.45) is 11.2. The summed E-state index contributed by atoms with van der Waals surface area (Å²) in [7, 11) is 0. The van der Waals surface area contributed by atoms with Crippen molar-refractivity contribution < 1.29 is 0 Å². The lowest BCUT2D eigenvalue weighted by Crippen LogP contribution is -2.43. The highest BCUT2D eigenvalue weighted by molar-refractivity contribution is 6.35. The summed E-state index contributed by atoms with van der Waals surface area (Å²) < 4.78 is 0. The summed E-state index contributed by atoms with van der Waals surface area (Å²) >= 11 is 6.41. The maximum Gasteiger partial charge on any atom is 0.0662 e. The van der Waals surface area contributed by atoms with E-state index in [0.717, 1.165) is 17.0 Å². The molecule has 0 amide bonds. The zero-order valence-corrected chi connectivity index (χ0v) is 14.8. The van der Waals surface area contributed by atoms with Crippen LogP contribution in [0.3, 0.4) is 0 Å². The summed E-state index contributed by atoms with van der Waals surface area (Å²) in [6, 6.07) is 5.25. The fraction of sp³-hybridized carbons (Fsp3) is 0.600. The average molecular weight is 331 g/mol. The van der Waals surface area contributed by atoms with Crippen molar-refractivity contribution in [3.63, 3.8) is 0 Å². The molecule has 2 aromatic rings. The summed E-state index contributed by atoms with van der Waals surface area (Å²) in [5.41, 5.74) is 4.20. The second-order valence-corrected chi connectivity index (χ2v) is 7.86. The number of hydrogen-bond donors (Lipinski definition) is 1. The lowest BCUT2D eigenvalue weighted by molar-refractivity contribution is 0.122. The molecule has 0 bridgehead atoms. The minimum Gasteiger partial charge on any atom is -0.360 e. The lowest BCUT2D eigenvalue weighted by atomic mass is 9.82. The molecule has 3 heteroatoms. The second-order valence-electron chi connectivity index (χ2n) is 7.45. The number of aromatic nitrogens is 1. The minimum atomic E-state index is 0.721. The molecule has 124 valence electrons. The number of rotatable bonds is 5. The van der Waals surface area contributed by atoms with Gasteiger partial charge in [-0.1, -0.05) is 31.0 Å². The fourth-order valence-electron chi connectivity index (χ4n) is 4.47. The largest absolute Gasteiger partial charge is 0.360 e. The first-order chi connectivity index (χ1) is 11.3. The summed E-state index contributed by atoms with van der Waals surface area (Å²) in [6.45, 7) is 4.89. The molecule has 1 fully saturated rings. The topological polar surface area (TPSA) is 19.0 Å². The number of hydrogen-bond acceptors (Lipinski definition) is 1. The van der Waals surface area contributed by atoms with Gasteiger partial charge in [0, 0.05) is 29.7 Å². The first-order valence-corrected chi connectivity index (χ1v) is 9.65. The van der Waals surface area contributed by atoms with Gasteiger partial charge in [-0.2, -0.15) is 0 Å². The van der Waals surface area contributed by atoms with E-state index in [1.165, 1.54) is 80.1 Å². The van der Waals surface area contributed by atoms with Crippen LogP contribution in [0.15, 0.2) is 18.3 Å². The molecular weight excluding hydrogens is 304 g/mol. The van der Waals surface area contributed by atoms with Crippen LogP contribution in [-0.4, -0.2) is 29.0 Å². The number of halogens is 1. The van der Waals surface area contributed by atoms with E-state index in [-0.39, 0.29) is 0 Å². The number of nitrogens with zero attached hydrogens (tertiary/aromatic N) is 1. The van der Waals surface area contributed by atoms with Gasteiger partial charge in [-0.25, -0.2) is 0 Å². The molecule has 1 aromatic carbocycles. The van der Waals surface area contributed by atoms with Crippen molar-refractivity contribution in [2.24, 2.45) is 5.92 Å². The van der Waals surface area contributed by atoms with Crippen LogP contribution in [0.5, 0.6) is 0 Å². The van der Waals surface area contributed by atoms with Gasteiger partial charge in [0.05, 0.1) is 5.02 Å². The van der Waals surface area contributed by atoms with Crippen molar-refractivity contribution in [2.75, 3.05) is 13.1 Å². The summed E-state index contributed by atoms with van der Waals surface area (Å²) in [5.74, 6) is 0.963. The Morgan fingerprint density at radius 2 is 2.13 bits per heavy atom. The molecule has 2 aliphatic carbocycles. The van der Waals surface area contributed by atoms with Gasteiger partial charge in [0.2, 0.25) is 0 Å². The van der Waals surface area contributed by atoms with Gasteiger partial charge in [0.1, 0.15) is 0 Å². The molecule has 2 nitrogen and oxygen atoms in total. The van der Waals surface area contributed by atoms with Crippen LogP contribution in [0.1, 0.15) is 50.2 Å². The van der Waals surface area contributed by atoms with E-state index < -0.39 is 0 Å². The predicted molar refractivity (Wildman–Crippen MR) is 98.3 cm³/mol. The molecule has 0 aliphatic heterocycles. The van der Waals surface area contributed by atoms with Crippen molar-refractivity contribution in [3.05, 3.63) is 34.5 Å². The number of aryl methyl sites for hydroxylation is 1. The molecule has 0 spiro atoms. The summed E-state index contributed by atoms with van der Waals surface area (Å²) in [4.78, 5) is 6.08. The van der Waals surface area contributed by atoms with Crippen molar-refractivity contribution in [1.82, 2.24) is 9.88 Å². The zero-order valence-electron chi connectivity index (χ0n) is 14.1. The molecule has 1 saturated carbocycles. The third-order valence-electron chi connectivity index (χ3n) is 5.93. The van der Waals surface area contributed by atoms with Crippen LogP contribution in [-0.2, 0) is 12.8 Å². The summed E-state index contributed by atoms with van der Waals surface area (Å²) in [5, 5.41) is 2.15. The van der Waals surface area contributed by atoms with Gasteiger partial charge in [-0.15, -0.1) is 0 Å². The highest BCUT2D eigenvalue weighted by atomic mass is 35.5.